The summed E-state index contributed by atoms with van der Waals surface area (Å²) in [5.74, 6) is 0. The van der Waals surface area contributed by atoms with Gasteiger partial charge in [0.05, 0.1) is 5.71 Å². The lowest BCUT2D eigenvalue weighted by Crippen LogP contribution is -1.99. The summed E-state index contributed by atoms with van der Waals surface area (Å²) in [5, 5.41) is 6.99. The number of nitrogens with zero attached hydrogens (tertiary/aromatic N) is 1. The predicted molar refractivity (Wildman–Crippen MR) is 46.3 cm³/mol. The molecule has 0 aliphatic carbocycles. The average Bonchev–Trinajstić information content (AvgIpc) is 1.98. The number of aliphatic imine (C=N–C) groups is 1. The number of nitrogens with one attached hydrogen (secondary N) is 1. The van der Waals surface area contributed by atoms with E-state index in [1.165, 1.54) is 12.6 Å². The van der Waals surface area contributed by atoms with Crippen molar-refractivity contribution in [3.8, 4) is 0 Å². The van der Waals surface area contributed by atoms with Crippen molar-refractivity contribution in [1.82, 2.24) is 0 Å². The van der Waals surface area contributed by atoms with Gasteiger partial charge in [-0.2, -0.15) is 0 Å². The quantitative estimate of drug-likeness (QED) is 0.569. The molecule has 0 rings (SSSR count). The molecule has 0 heterocycles. The first-order chi connectivity index (χ1) is 4.85. The summed E-state index contributed by atoms with van der Waals surface area (Å²) >= 11 is 0. The Morgan fingerprint density at radius 2 is 2.20 bits per heavy atom. The second-order valence-electron chi connectivity index (χ2n) is 2.21. The highest BCUT2D eigenvalue weighted by molar-refractivity contribution is 6.29. The van der Waals surface area contributed by atoms with Crippen LogP contribution in [0.15, 0.2) is 4.99 Å². The van der Waals surface area contributed by atoms with Gasteiger partial charge in [-0.1, -0.05) is 13.3 Å². The Kier molecular flexibility index (Phi) is 6.03. The Hall–Kier alpha value is -0.660. The van der Waals surface area contributed by atoms with E-state index in [1.807, 2.05) is 6.92 Å². The SMILES string of the molecule is CCCC/C(C=N)=N\CC. The lowest BCUT2D eigenvalue weighted by molar-refractivity contribution is 0.835. The van der Waals surface area contributed by atoms with E-state index < -0.39 is 0 Å². The summed E-state index contributed by atoms with van der Waals surface area (Å²) in [6.45, 7) is 4.94. The zero-order chi connectivity index (χ0) is 7.82. The summed E-state index contributed by atoms with van der Waals surface area (Å²) in [6.07, 6.45) is 4.65. The Bertz CT molecular complexity index is 116. The van der Waals surface area contributed by atoms with Crippen molar-refractivity contribution in [1.29, 1.82) is 5.41 Å². The van der Waals surface area contributed by atoms with Crippen LogP contribution in [0.2, 0.25) is 0 Å². The van der Waals surface area contributed by atoms with Gasteiger partial charge in [0.2, 0.25) is 0 Å². The molecule has 1 N–H and O–H groups in total. The minimum Gasteiger partial charge on any atom is -0.307 e. The average molecular weight is 140 g/mol. The van der Waals surface area contributed by atoms with E-state index in [4.69, 9.17) is 5.41 Å². The van der Waals surface area contributed by atoms with Gasteiger partial charge in [-0.05, 0) is 19.8 Å². The van der Waals surface area contributed by atoms with Crippen molar-refractivity contribution < 1.29 is 0 Å². The fourth-order valence-electron chi connectivity index (χ4n) is 0.758. The molecule has 0 saturated carbocycles. The minimum absolute atomic E-state index is 0.800. The second kappa shape index (κ2) is 6.46. The highest BCUT2D eigenvalue weighted by atomic mass is 14.7. The fraction of sp³-hybridized carbons (Fsp3) is 0.750. The summed E-state index contributed by atoms with van der Waals surface area (Å²) in [5.41, 5.74) is 0.935. The topological polar surface area (TPSA) is 36.2 Å². The Balaban J connectivity index is 3.60. The van der Waals surface area contributed by atoms with Crippen LogP contribution < -0.4 is 0 Å². The van der Waals surface area contributed by atoms with Crippen LogP contribution in [0, 0.1) is 5.41 Å². The molecule has 0 amide bonds. The van der Waals surface area contributed by atoms with E-state index in [2.05, 4.69) is 11.9 Å². The summed E-state index contributed by atoms with van der Waals surface area (Å²) in [4.78, 5) is 4.15. The van der Waals surface area contributed by atoms with Crippen LogP contribution in [0.3, 0.4) is 0 Å². The number of unbranched alkanes of at least 4 members (excludes halogenated alkanes) is 1. The molecule has 0 spiro atoms. The first kappa shape index (κ1) is 9.34. The highest BCUT2D eigenvalue weighted by Gasteiger charge is 1.91. The molecule has 0 atom stereocenters. The van der Waals surface area contributed by atoms with Crippen LogP contribution in [-0.2, 0) is 0 Å². The Labute approximate surface area is 62.9 Å². The molecule has 0 aromatic rings. The zero-order valence-electron chi connectivity index (χ0n) is 6.85. The van der Waals surface area contributed by atoms with Gasteiger partial charge in [0, 0.05) is 12.8 Å². The number of hydrogen-bond acceptors (Lipinski definition) is 2. The van der Waals surface area contributed by atoms with Gasteiger partial charge in [0.25, 0.3) is 0 Å². The molecule has 10 heavy (non-hydrogen) atoms. The lowest BCUT2D eigenvalue weighted by Gasteiger charge is -1.95. The van der Waals surface area contributed by atoms with Crippen molar-refractivity contribution >= 4 is 11.9 Å². The van der Waals surface area contributed by atoms with Crippen molar-refractivity contribution in [2.75, 3.05) is 6.54 Å². The van der Waals surface area contributed by atoms with Crippen molar-refractivity contribution in [3.63, 3.8) is 0 Å². The van der Waals surface area contributed by atoms with Gasteiger partial charge in [0.15, 0.2) is 0 Å². The molecule has 0 aliphatic rings. The first-order valence-corrected chi connectivity index (χ1v) is 3.88. The third kappa shape index (κ3) is 4.24. The summed E-state index contributed by atoms with van der Waals surface area (Å²) in [7, 11) is 0. The van der Waals surface area contributed by atoms with Crippen LogP contribution >= 0.6 is 0 Å². The summed E-state index contributed by atoms with van der Waals surface area (Å²) in [6, 6.07) is 0. The standard InChI is InChI=1S/C8H16N2/c1-3-5-6-8(7-9)10-4-2/h7,9H,3-6H2,1-2H3/b9-7?,10-8+. The van der Waals surface area contributed by atoms with Gasteiger partial charge in [0.1, 0.15) is 0 Å². The minimum atomic E-state index is 0.800. The van der Waals surface area contributed by atoms with Crippen LogP contribution in [0.5, 0.6) is 0 Å². The van der Waals surface area contributed by atoms with Crippen molar-refractivity contribution in [2.45, 2.75) is 33.1 Å². The molecular weight excluding hydrogens is 124 g/mol. The van der Waals surface area contributed by atoms with E-state index in [0.717, 1.165) is 25.1 Å². The molecule has 0 radical (unpaired) electrons. The lowest BCUT2D eigenvalue weighted by atomic mass is 10.2. The molecule has 2 nitrogen and oxygen atoms in total. The van der Waals surface area contributed by atoms with E-state index in [-0.39, 0.29) is 0 Å². The molecule has 0 aromatic carbocycles. The monoisotopic (exact) mass is 140 g/mol. The van der Waals surface area contributed by atoms with E-state index in [9.17, 15) is 0 Å². The predicted octanol–water partition coefficient (Wildman–Crippen LogP) is 2.29. The molecule has 58 valence electrons. The molecule has 0 saturated heterocycles. The third-order valence-corrected chi connectivity index (χ3v) is 1.31. The molecule has 0 fully saturated rings. The normalized spacial score (nSPS) is 11.6. The van der Waals surface area contributed by atoms with Gasteiger partial charge < -0.3 is 5.41 Å². The van der Waals surface area contributed by atoms with Gasteiger partial charge in [-0.15, -0.1) is 0 Å². The van der Waals surface area contributed by atoms with E-state index in [1.54, 1.807) is 0 Å². The maximum atomic E-state index is 6.99. The Morgan fingerprint density at radius 3 is 2.60 bits per heavy atom. The number of rotatable bonds is 5. The van der Waals surface area contributed by atoms with Gasteiger partial charge >= 0.3 is 0 Å². The molecule has 0 bridgehead atoms. The van der Waals surface area contributed by atoms with Crippen LogP contribution in [0.4, 0.5) is 0 Å². The maximum absolute atomic E-state index is 6.99. The molecular formula is C8H16N2. The van der Waals surface area contributed by atoms with Gasteiger partial charge in [-0.3, -0.25) is 4.99 Å². The second-order valence-corrected chi connectivity index (χ2v) is 2.21. The van der Waals surface area contributed by atoms with E-state index in [0.29, 0.717) is 0 Å². The smallest absolute Gasteiger partial charge is 0.0523 e. The maximum Gasteiger partial charge on any atom is 0.0523 e. The summed E-state index contributed by atoms with van der Waals surface area (Å²) < 4.78 is 0. The first-order valence-electron chi connectivity index (χ1n) is 3.88. The molecule has 0 aliphatic heterocycles. The van der Waals surface area contributed by atoms with Crippen LogP contribution in [0.1, 0.15) is 33.1 Å². The van der Waals surface area contributed by atoms with Crippen molar-refractivity contribution in [2.24, 2.45) is 4.99 Å². The fourth-order valence-corrected chi connectivity index (χ4v) is 0.758. The Morgan fingerprint density at radius 1 is 1.50 bits per heavy atom. The molecule has 2 heteroatoms. The third-order valence-electron chi connectivity index (χ3n) is 1.31. The molecule has 0 unspecified atom stereocenters. The molecule has 0 aromatic heterocycles. The number of hydrogen-bond donors (Lipinski definition) is 1. The largest absolute Gasteiger partial charge is 0.307 e. The van der Waals surface area contributed by atoms with Crippen LogP contribution in [-0.4, -0.2) is 18.5 Å². The van der Waals surface area contributed by atoms with Crippen molar-refractivity contribution in [3.05, 3.63) is 0 Å². The van der Waals surface area contributed by atoms with E-state index >= 15 is 0 Å². The highest BCUT2D eigenvalue weighted by Crippen LogP contribution is 1.95. The van der Waals surface area contributed by atoms with Gasteiger partial charge in [-0.25, -0.2) is 0 Å². The van der Waals surface area contributed by atoms with Crippen LogP contribution in [0.25, 0.3) is 0 Å². The zero-order valence-corrected chi connectivity index (χ0v) is 6.85.